The molecular weight excluding hydrogens is 116 g/mol. The summed E-state index contributed by atoms with van der Waals surface area (Å²) in [6, 6.07) is 0. The van der Waals surface area contributed by atoms with Crippen LogP contribution in [-0.4, -0.2) is 5.91 Å². The van der Waals surface area contributed by atoms with E-state index < -0.39 is 0 Å². The van der Waals surface area contributed by atoms with Gasteiger partial charge in [0.2, 0.25) is 0 Å². The summed E-state index contributed by atoms with van der Waals surface area (Å²) in [5, 5.41) is 0. The maximum atomic E-state index is 10.4. The maximum absolute atomic E-state index is 10.4. The van der Waals surface area contributed by atoms with Crippen LogP contribution in [0, 0.1) is 0 Å². The molecule has 0 aromatic heterocycles. The molecule has 0 bridgehead atoms. The topological polar surface area (TPSA) is 57.2 Å². The summed E-state index contributed by atoms with van der Waals surface area (Å²) in [6.07, 6.45) is 3.62. The Morgan fingerprint density at radius 3 is 2.67 bits per heavy atom. The molecule has 0 spiro atoms. The average molecular weight is 129 g/mol. The molecule has 0 aromatic carbocycles. The van der Waals surface area contributed by atoms with E-state index in [0.29, 0.717) is 6.42 Å². The maximum Gasteiger partial charge on any atom is 0.257 e. The highest BCUT2D eigenvalue weighted by Crippen LogP contribution is 1.97. The van der Waals surface area contributed by atoms with Gasteiger partial charge in [0.15, 0.2) is 0 Å². The molecule has 0 unspecified atom stereocenters. The Bertz CT molecular complexity index is 83.1. The van der Waals surface area contributed by atoms with Gasteiger partial charge in [-0.3, -0.25) is 4.79 Å². The summed E-state index contributed by atoms with van der Waals surface area (Å²) in [5.74, 6) is 4.54. The number of unbranched alkanes of at least 4 members (excludes halogenated alkanes) is 2. The number of nitrogens with zero attached hydrogens (tertiary/aromatic N) is 1. The molecule has 1 radical (unpaired) electrons. The number of carbonyl (C=O) groups is 1. The summed E-state index contributed by atoms with van der Waals surface area (Å²) in [6.45, 7) is 2.09. The van der Waals surface area contributed by atoms with Gasteiger partial charge in [0.05, 0.1) is 0 Å². The van der Waals surface area contributed by atoms with Crippen LogP contribution in [0.5, 0.6) is 0 Å². The van der Waals surface area contributed by atoms with Crippen LogP contribution >= 0.6 is 0 Å². The molecular formula is C6H13N2O. The lowest BCUT2D eigenvalue weighted by Gasteiger charge is -1.93. The van der Waals surface area contributed by atoms with Crippen molar-refractivity contribution in [3.05, 3.63) is 0 Å². The van der Waals surface area contributed by atoms with Crippen molar-refractivity contribution in [2.45, 2.75) is 32.6 Å². The van der Waals surface area contributed by atoms with E-state index in [0.717, 1.165) is 19.3 Å². The lowest BCUT2D eigenvalue weighted by molar-refractivity contribution is -0.121. The number of hydrogen-bond donors (Lipinski definition) is 1. The van der Waals surface area contributed by atoms with Crippen LogP contribution in [0.2, 0.25) is 0 Å². The summed E-state index contributed by atoms with van der Waals surface area (Å²) in [7, 11) is 0. The van der Waals surface area contributed by atoms with Gasteiger partial charge in [-0.2, -0.15) is 5.43 Å². The second kappa shape index (κ2) is 5.56. The Kier molecular flexibility index (Phi) is 5.21. The van der Waals surface area contributed by atoms with Crippen molar-refractivity contribution in [2.75, 3.05) is 0 Å². The Morgan fingerprint density at radius 1 is 1.56 bits per heavy atom. The highest BCUT2D eigenvalue weighted by molar-refractivity contribution is 5.74. The molecule has 2 N–H and O–H groups in total. The van der Waals surface area contributed by atoms with Crippen molar-refractivity contribution >= 4 is 5.91 Å². The monoisotopic (exact) mass is 129 g/mol. The molecule has 0 aliphatic carbocycles. The third kappa shape index (κ3) is 5.30. The van der Waals surface area contributed by atoms with Crippen molar-refractivity contribution < 1.29 is 4.79 Å². The number of carbonyl (C=O) groups excluding carboxylic acids is 1. The fraction of sp³-hybridized carbons (Fsp3) is 0.833. The molecule has 1 amide bonds. The van der Waals surface area contributed by atoms with Crippen molar-refractivity contribution in [2.24, 2.45) is 5.84 Å². The predicted molar refractivity (Wildman–Crippen MR) is 35.5 cm³/mol. The fourth-order valence-electron chi connectivity index (χ4n) is 0.591. The molecule has 0 rings (SSSR count). The molecule has 9 heavy (non-hydrogen) atoms. The fourth-order valence-corrected chi connectivity index (χ4v) is 0.591. The van der Waals surface area contributed by atoms with E-state index in [-0.39, 0.29) is 5.91 Å². The molecule has 3 nitrogen and oxygen atoms in total. The molecule has 0 saturated heterocycles. The average Bonchev–Trinajstić information content (AvgIpc) is 1.89. The molecule has 0 fully saturated rings. The van der Waals surface area contributed by atoms with Gasteiger partial charge in [-0.05, 0) is 6.42 Å². The predicted octanol–water partition coefficient (Wildman–Crippen LogP) is 0.571. The van der Waals surface area contributed by atoms with Crippen LogP contribution < -0.4 is 11.3 Å². The lowest BCUT2D eigenvalue weighted by Crippen LogP contribution is -2.21. The van der Waals surface area contributed by atoms with Crippen LogP contribution in [0.15, 0.2) is 0 Å². The Labute approximate surface area is 55.6 Å². The first-order valence-electron chi connectivity index (χ1n) is 3.25. The number of nitrogens with two attached hydrogens (primary N) is 1. The Hall–Kier alpha value is -0.570. The van der Waals surface area contributed by atoms with Crippen LogP contribution in [0.25, 0.3) is 0 Å². The molecule has 3 heteroatoms. The van der Waals surface area contributed by atoms with E-state index in [1.165, 1.54) is 0 Å². The van der Waals surface area contributed by atoms with E-state index in [2.05, 4.69) is 12.3 Å². The molecule has 0 saturated carbocycles. The summed E-state index contributed by atoms with van der Waals surface area (Å²) in [4.78, 5) is 10.4. The first-order valence-corrected chi connectivity index (χ1v) is 3.25. The van der Waals surface area contributed by atoms with Crippen LogP contribution in [-0.2, 0) is 4.79 Å². The zero-order valence-electron chi connectivity index (χ0n) is 5.76. The van der Waals surface area contributed by atoms with Gasteiger partial charge in [-0.15, -0.1) is 0 Å². The standard InChI is InChI=1S/C6H13N2O/c1-2-3-4-5-6(9)8-7/h2-5,7H2,1H3. The van der Waals surface area contributed by atoms with Crippen molar-refractivity contribution in [1.82, 2.24) is 5.43 Å². The normalized spacial score (nSPS) is 9.11. The van der Waals surface area contributed by atoms with Crippen molar-refractivity contribution in [3.63, 3.8) is 0 Å². The molecule has 0 aliphatic rings. The first-order chi connectivity index (χ1) is 4.31. The van der Waals surface area contributed by atoms with Gasteiger partial charge in [0.25, 0.3) is 5.91 Å². The number of rotatable bonds is 4. The minimum Gasteiger partial charge on any atom is -0.271 e. The molecule has 53 valence electrons. The highest BCUT2D eigenvalue weighted by Gasteiger charge is 1.96. The number of amides is 1. The van der Waals surface area contributed by atoms with Crippen LogP contribution in [0.4, 0.5) is 0 Å². The van der Waals surface area contributed by atoms with E-state index >= 15 is 0 Å². The third-order valence-corrected chi connectivity index (χ3v) is 1.14. The van der Waals surface area contributed by atoms with E-state index in [9.17, 15) is 4.79 Å². The van der Waals surface area contributed by atoms with Gasteiger partial charge in [-0.25, -0.2) is 5.84 Å². The molecule has 0 aromatic rings. The van der Waals surface area contributed by atoms with E-state index in [1.54, 1.807) is 0 Å². The molecule has 0 aliphatic heterocycles. The lowest BCUT2D eigenvalue weighted by atomic mass is 10.2. The van der Waals surface area contributed by atoms with E-state index in [1.807, 2.05) is 0 Å². The molecule has 0 atom stereocenters. The van der Waals surface area contributed by atoms with Gasteiger partial charge >= 0.3 is 0 Å². The quantitative estimate of drug-likeness (QED) is 0.261. The highest BCUT2D eigenvalue weighted by atomic mass is 16.2. The Morgan fingerprint density at radius 2 is 2.22 bits per heavy atom. The zero-order chi connectivity index (χ0) is 7.11. The van der Waals surface area contributed by atoms with Crippen LogP contribution in [0.3, 0.4) is 0 Å². The third-order valence-electron chi connectivity index (χ3n) is 1.14. The second-order valence-electron chi connectivity index (χ2n) is 1.98. The van der Waals surface area contributed by atoms with Crippen molar-refractivity contribution in [3.8, 4) is 0 Å². The summed E-state index contributed by atoms with van der Waals surface area (Å²) in [5.41, 5.74) is 3.02. The smallest absolute Gasteiger partial charge is 0.257 e. The molecule has 0 heterocycles. The summed E-state index contributed by atoms with van der Waals surface area (Å²) >= 11 is 0. The SMILES string of the molecule is CCCCCC(=O)[N]N. The van der Waals surface area contributed by atoms with Gasteiger partial charge in [0, 0.05) is 6.42 Å². The Balaban J connectivity index is 2.97. The van der Waals surface area contributed by atoms with E-state index in [4.69, 9.17) is 5.84 Å². The first kappa shape index (κ1) is 8.43. The zero-order valence-corrected chi connectivity index (χ0v) is 5.76. The second-order valence-corrected chi connectivity index (χ2v) is 1.98. The largest absolute Gasteiger partial charge is 0.271 e. The minimum absolute atomic E-state index is 0.191. The van der Waals surface area contributed by atoms with Gasteiger partial charge < -0.3 is 0 Å². The van der Waals surface area contributed by atoms with Crippen LogP contribution in [0.1, 0.15) is 32.6 Å². The number of hydrogen-bond acceptors (Lipinski definition) is 2. The minimum atomic E-state index is -0.191. The summed E-state index contributed by atoms with van der Waals surface area (Å²) < 4.78 is 0. The van der Waals surface area contributed by atoms with Gasteiger partial charge in [0.1, 0.15) is 0 Å². The van der Waals surface area contributed by atoms with Gasteiger partial charge in [-0.1, -0.05) is 19.8 Å². The van der Waals surface area contributed by atoms with Crippen molar-refractivity contribution in [1.29, 1.82) is 0 Å².